The Bertz CT molecular complexity index is 525. The number of rotatable bonds is 2. The third-order valence-corrected chi connectivity index (χ3v) is 3.75. The van der Waals surface area contributed by atoms with E-state index in [-0.39, 0.29) is 5.82 Å². The van der Waals surface area contributed by atoms with Gasteiger partial charge in [0.25, 0.3) is 0 Å². The summed E-state index contributed by atoms with van der Waals surface area (Å²) in [4.78, 5) is 5.08. The van der Waals surface area contributed by atoms with Crippen molar-refractivity contribution < 1.29 is 4.39 Å². The van der Waals surface area contributed by atoms with Crippen molar-refractivity contribution in [1.29, 1.82) is 0 Å². The number of hydrogen-bond acceptors (Lipinski definition) is 3. The van der Waals surface area contributed by atoms with Gasteiger partial charge in [-0.2, -0.15) is 0 Å². The van der Waals surface area contributed by atoms with E-state index in [2.05, 4.69) is 20.9 Å². The molecule has 0 amide bonds. The average Bonchev–Trinajstić information content (AvgIpc) is 2.60. The molecule has 2 rings (SSSR count). The predicted octanol–water partition coefficient (Wildman–Crippen LogP) is 3.53. The van der Waals surface area contributed by atoms with E-state index in [9.17, 15) is 4.39 Å². The number of halogens is 2. The SMILES string of the molecule is Cc1cc(F)c(Br)cc1Cc1cnc(N)s1. The summed E-state index contributed by atoms with van der Waals surface area (Å²) in [5, 5.41) is 0.564. The highest BCUT2D eigenvalue weighted by molar-refractivity contribution is 9.10. The maximum Gasteiger partial charge on any atom is 0.180 e. The third kappa shape index (κ3) is 2.41. The zero-order chi connectivity index (χ0) is 11.7. The minimum Gasteiger partial charge on any atom is -0.375 e. The Balaban J connectivity index is 2.31. The van der Waals surface area contributed by atoms with Crippen molar-refractivity contribution in [1.82, 2.24) is 4.98 Å². The molecule has 1 aromatic carbocycles. The monoisotopic (exact) mass is 300 g/mol. The molecule has 2 nitrogen and oxygen atoms in total. The quantitative estimate of drug-likeness (QED) is 0.921. The zero-order valence-corrected chi connectivity index (χ0v) is 11.0. The fraction of sp³-hybridized carbons (Fsp3) is 0.182. The fourth-order valence-electron chi connectivity index (χ4n) is 1.47. The number of thiazole rings is 1. The fourth-order valence-corrected chi connectivity index (χ4v) is 2.57. The minimum absolute atomic E-state index is 0.231. The van der Waals surface area contributed by atoms with Crippen LogP contribution in [0.2, 0.25) is 0 Å². The Hall–Kier alpha value is -0.940. The molecule has 0 unspecified atom stereocenters. The van der Waals surface area contributed by atoms with Crippen molar-refractivity contribution in [2.45, 2.75) is 13.3 Å². The lowest BCUT2D eigenvalue weighted by molar-refractivity contribution is 0.619. The summed E-state index contributed by atoms with van der Waals surface area (Å²) in [6.45, 7) is 1.90. The normalized spacial score (nSPS) is 10.7. The van der Waals surface area contributed by atoms with Crippen molar-refractivity contribution in [3.05, 3.63) is 44.6 Å². The molecule has 0 atom stereocenters. The van der Waals surface area contributed by atoms with Crippen molar-refractivity contribution in [3.63, 3.8) is 0 Å². The summed E-state index contributed by atoms with van der Waals surface area (Å²) in [6.07, 6.45) is 2.50. The Morgan fingerprint density at radius 1 is 1.50 bits per heavy atom. The van der Waals surface area contributed by atoms with E-state index in [1.54, 1.807) is 12.3 Å². The molecule has 0 radical (unpaired) electrons. The molecule has 0 saturated heterocycles. The maximum absolute atomic E-state index is 13.2. The molecule has 0 saturated carbocycles. The Kier molecular flexibility index (Phi) is 3.25. The first kappa shape index (κ1) is 11.5. The van der Waals surface area contributed by atoms with Gasteiger partial charge in [-0.05, 0) is 46.1 Å². The van der Waals surface area contributed by atoms with Crippen LogP contribution in [0.15, 0.2) is 22.8 Å². The molecule has 0 aliphatic carbocycles. The molecule has 5 heteroatoms. The summed E-state index contributed by atoms with van der Waals surface area (Å²) >= 11 is 4.65. The van der Waals surface area contributed by atoms with Crippen LogP contribution in [0.4, 0.5) is 9.52 Å². The van der Waals surface area contributed by atoms with E-state index in [1.807, 2.05) is 6.92 Å². The molecule has 16 heavy (non-hydrogen) atoms. The van der Waals surface area contributed by atoms with Crippen molar-refractivity contribution in [2.24, 2.45) is 0 Å². The highest BCUT2D eigenvalue weighted by atomic mass is 79.9. The molecule has 0 aliphatic rings. The molecule has 0 fully saturated rings. The maximum atomic E-state index is 13.2. The third-order valence-electron chi connectivity index (χ3n) is 2.31. The molecule has 0 bridgehead atoms. The Morgan fingerprint density at radius 3 is 2.88 bits per heavy atom. The number of nitrogens with two attached hydrogens (primary N) is 1. The van der Waals surface area contributed by atoms with Gasteiger partial charge < -0.3 is 5.73 Å². The van der Waals surface area contributed by atoms with Crippen LogP contribution in [0.1, 0.15) is 16.0 Å². The van der Waals surface area contributed by atoms with Gasteiger partial charge in [0.15, 0.2) is 5.13 Å². The number of nitrogens with zero attached hydrogens (tertiary/aromatic N) is 1. The van der Waals surface area contributed by atoms with Gasteiger partial charge in [-0.1, -0.05) is 0 Å². The van der Waals surface area contributed by atoms with Crippen LogP contribution < -0.4 is 5.73 Å². The second kappa shape index (κ2) is 4.51. The van der Waals surface area contributed by atoms with E-state index in [0.717, 1.165) is 22.4 Å². The molecule has 84 valence electrons. The van der Waals surface area contributed by atoms with E-state index in [1.165, 1.54) is 17.4 Å². The highest BCUT2D eigenvalue weighted by Gasteiger charge is 2.07. The van der Waals surface area contributed by atoms with E-state index in [0.29, 0.717) is 9.60 Å². The molecule has 2 aromatic rings. The van der Waals surface area contributed by atoms with Crippen LogP contribution in [-0.4, -0.2) is 4.98 Å². The number of aryl methyl sites for hydroxylation is 1. The summed E-state index contributed by atoms with van der Waals surface area (Å²) in [7, 11) is 0. The predicted molar refractivity (Wildman–Crippen MR) is 68.2 cm³/mol. The second-order valence-electron chi connectivity index (χ2n) is 3.53. The number of aromatic nitrogens is 1. The molecule has 0 aliphatic heterocycles. The van der Waals surface area contributed by atoms with Gasteiger partial charge in [-0.3, -0.25) is 0 Å². The molecule has 2 N–H and O–H groups in total. The van der Waals surface area contributed by atoms with Gasteiger partial charge in [-0.25, -0.2) is 9.37 Å². The molecule has 1 aromatic heterocycles. The molecular formula is C11H10BrFN2S. The minimum atomic E-state index is -0.231. The van der Waals surface area contributed by atoms with Crippen LogP contribution in [0.3, 0.4) is 0 Å². The van der Waals surface area contributed by atoms with Gasteiger partial charge >= 0.3 is 0 Å². The lowest BCUT2D eigenvalue weighted by Gasteiger charge is -2.05. The van der Waals surface area contributed by atoms with E-state index >= 15 is 0 Å². The molecule has 1 heterocycles. The van der Waals surface area contributed by atoms with Crippen LogP contribution in [0.5, 0.6) is 0 Å². The largest absolute Gasteiger partial charge is 0.375 e. The van der Waals surface area contributed by atoms with Crippen molar-refractivity contribution in [3.8, 4) is 0 Å². The summed E-state index contributed by atoms with van der Waals surface area (Å²) < 4.78 is 13.7. The van der Waals surface area contributed by atoms with Gasteiger partial charge in [0.2, 0.25) is 0 Å². The first-order valence-electron chi connectivity index (χ1n) is 4.71. The van der Waals surface area contributed by atoms with Gasteiger partial charge in [0.05, 0.1) is 4.47 Å². The second-order valence-corrected chi connectivity index (χ2v) is 5.54. The van der Waals surface area contributed by atoms with E-state index in [4.69, 9.17) is 5.73 Å². The van der Waals surface area contributed by atoms with Gasteiger partial charge in [-0.15, -0.1) is 11.3 Å². The van der Waals surface area contributed by atoms with Gasteiger partial charge in [0.1, 0.15) is 5.82 Å². The number of benzene rings is 1. The summed E-state index contributed by atoms with van der Waals surface area (Å²) in [5.74, 6) is -0.231. The van der Waals surface area contributed by atoms with Crippen LogP contribution in [0, 0.1) is 12.7 Å². The lowest BCUT2D eigenvalue weighted by atomic mass is 10.1. The smallest absolute Gasteiger partial charge is 0.180 e. The average molecular weight is 301 g/mol. The van der Waals surface area contributed by atoms with E-state index < -0.39 is 0 Å². The first-order valence-corrected chi connectivity index (χ1v) is 6.32. The van der Waals surface area contributed by atoms with Gasteiger partial charge in [0, 0.05) is 17.5 Å². The lowest BCUT2D eigenvalue weighted by Crippen LogP contribution is -1.92. The highest BCUT2D eigenvalue weighted by Crippen LogP contribution is 2.25. The summed E-state index contributed by atoms with van der Waals surface area (Å²) in [5.41, 5.74) is 7.58. The molecule has 0 spiro atoms. The zero-order valence-electron chi connectivity index (χ0n) is 8.63. The van der Waals surface area contributed by atoms with Crippen LogP contribution >= 0.6 is 27.3 Å². The van der Waals surface area contributed by atoms with Crippen molar-refractivity contribution >= 4 is 32.4 Å². The standard InChI is InChI=1S/C11H10BrFN2S/c1-6-2-10(13)9(12)4-7(6)3-8-5-15-11(14)16-8/h2,4-5H,3H2,1H3,(H2,14,15). The first-order chi connectivity index (χ1) is 7.56. The van der Waals surface area contributed by atoms with Crippen LogP contribution in [0.25, 0.3) is 0 Å². The van der Waals surface area contributed by atoms with Crippen molar-refractivity contribution in [2.75, 3.05) is 5.73 Å². The molecular weight excluding hydrogens is 291 g/mol. The number of anilines is 1. The number of hydrogen-bond donors (Lipinski definition) is 1. The summed E-state index contributed by atoms with van der Waals surface area (Å²) in [6, 6.07) is 3.34. The topological polar surface area (TPSA) is 38.9 Å². The van der Waals surface area contributed by atoms with Crippen LogP contribution in [-0.2, 0) is 6.42 Å². The Labute approximate surface area is 105 Å². The Morgan fingerprint density at radius 2 is 2.25 bits per heavy atom. The number of nitrogen functional groups attached to an aromatic ring is 1.